The third-order valence-electron chi connectivity index (χ3n) is 0.996. The number of anilines is 2. The summed E-state index contributed by atoms with van der Waals surface area (Å²) in [5.74, 6) is 0. The average Bonchev–Trinajstić information content (AvgIpc) is 1.77. The monoisotopic (exact) mass is 164 g/mol. The fourth-order valence-corrected chi connectivity index (χ4v) is 0.511. The number of hydrogen-bond acceptors (Lipinski definition) is 2. The van der Waals surface area contributed by atoms with Crippen LogP contribution < -0.4 is 11.5 Å². The van der Waals surface area contributed by atoms with Gasteiger partial charge in [-0.2, -0.15) is 0 Å². The molecule has 4 N–H and O–H groups in total. The van der Waals surface area contributed by atoms with Gasteiger partial charge in [-0.3, -0.25) is 0 Å². The van der Waals surface area contributed by atoms with Crippen LogP contribution in [0.5, 0.6) is 0 Å². The van der Waals surface area contributed by atoms with Gasteiger partial charge < -0.3 is 11.5 Å². The number of benzene rings is 1. The quantitative estimate of drug-likeness (QED) is 0.441. The number of nitrogens with two attached hydrogens (primary N) is 2. The van der Waals surface area contributed by atoms with E-state index in [-0.39, 0.29) is 17.1 Å². The molecule has 0 aliphatic rings. The molecule has 0 aromatic heterocycles. The van der Waals surface area contributed by atoms with Gasteiger partial charge in [-0.05, 0) is 12.1 Å². The number of rotatable bonds is 0. The number of hydrogen-bond donors (Lipinski definition) is 2. The van der Waals surface area contributed by atoms with E-state index < -0.39 is 0 Å². The largest absolute Gasteiger partial charge is 0.397 e. The molecule has 0 aliphatic carbocycles. The van der Waals surface area contributed by atoms with Crippen LogP contribution in [0.15, 0.2) is 24.3 Å². The number of nitrogen functional groups attached to an aromatic ring is 2. The summed E-state index contributed by atoms with van der Waals surface area (Å²) >= 11 is 0. The second-order valence-corrected chi connectivity index (χ2v) is 1.63. The van der Waals surface area contributed by atoms with Crippen molar-refractivity contribution < 1.29 is 17.1 Å². The van der Waals surface area contributed by atoms with Gasteiger partial charge >= 0.3 is 0 Å². The Hall–Kier alpha value is -0.661. The van der Waals surface area contributed by atoms with E-state index in [0.29, 0.717) is 11.4 Å². The molecule has 0 saturated heterocycles. The Morgan fingerprint density at radius 1 is 0.889 bits per heavy atom. The SMILES string of the molecule is Nc1ccccc1N.[Fe]. The minimum atomic E-state index is 0. The summed E-state index contributed by atoms with van der Waals surface area (Å²) < 4.78 is 0. The molecule has 1 aromatic rings. The van der Waals surface area contributed by atoms with Gasteiger partial charge in [-0.1, -0.05) is 12.1 Å². The van der Waals surface area contributed by atoms with Gasteiger partial charge in [0.25, 0.3) is 0 Å². The van der Waals surface area contributed by atoms with E-state index in [9.17, 15) is 0 Å². The van der Waals surface area contributed by atoms with Gasteiger partial charge in [0.1, 0.15) is 0 Å². The summed E-state index contributed by atoms with van der Waals surface area (Å²) in [5, 5.41) is 0. The first-order chi connectivity index (χ1) is 3.80. The van der Waals surface area contributed by atoms with Crippen molar-refractivity contribution in [2.75, 3.05) is 11.5 Å². The van der Waals surface area contributed by atoms with Crippen LogP contribution in [0.1, 0.15) is 0 Å². The summed E-state index contributed by atoms with van der Waals surface area (Å²) in [4.78, 5) is 0. The molecule has 1 rings (SSSR count). The summed E-state index contributed by atoms with van der Waals surface area (Å²) in [6.45, 7) is 0. The molecule has 50 valence electrons. The molecule has 0 unspecified atom stereocenters. The maximum atomic E-state index is 5.39. The van der Waals surface area contributed by atoms with Crippen LogP contribution in [0.3, 0.4) is 0 Å². The van der Waals surface area contributed by atoms with Crippen molar-refractivity contribution in [2.24, 2.45) is 0 Å². The second-order valence-electron chi connectivity index (χ2n) is 1.63. The molecule has 0 bridgehead atoms. The Kier molecular flexibility index (Phi) is 3.13. The van der Waals surface area contributed by atoms with Gasteiger partial charge in [-0.25, -0.2) is 0 Å². The fraction of sp³-hybridized carbons (Fsp3) is 0. The van der Waals surface area contributed by atoms with Crippen molar-refractivity contribution in [3.05, 3.63) is 24.3 Å². The summed E-state index contributed by atoms with van der Waals surface area (Å²) in [7, 11) is 0. The Morgan fingerprint density at radius 3 is 1.44 bits per heavy atom. The maximum Gasteiger partial charge on any atom is 0.0547 e. The first kappa shape index (κ1) is 8.34. The van der Waals surface area contributed by atoms with Crippen molar-refractivity contribution in [1.29, 1.82) is 0 Å². The molecule has 0 atom stereocenters. The van der Waals surface area contributed by atoms with E-state index in [2.05, 4.69) is 0 Å². The Labute approximate surface area is 64.7 Å². The minimum absolute atomic E-state index is 0. The van der Waals surface area contributed by atoms with E-state index in [1.807, 2.05) is 12.1 Å². The Morgan fingerprint density at radius 2 is 1.22 bits per heavy atom. The van der Waals surface area contributed by atoms with Crippen LogP contribution in [-0.2, 0) is 17.1 Å². The molecule has 0 amide bonds. The van der Waals surface area contributed by atoms with Crippen molar-refractivity contribution in [3.8, 4) is 0 Å². The Bertz CT molecular complexity index is 167. The van der Waals surface area contributed by atoms with Crippen LogP contribution in [0.2, 0.25) is 0 Å². The molecular formula is C6H8FeN2. The van der Waals surface area contributed by atoms with E-state index in [1.165, 1.54) is 0 Å². The van der Waals surface area contributed by atoms with Crippen LogP contribution in [0.4, 0.5) is 11.4 Å². The molecule has 0 saturated carbocycles. The molecule has 0 radical (unpaired) electrons. The molecule has 0 spiro atoms. The van der Waals surface area contributed by atoms with Crippen LogP contribution in [-0.4, -0.2) is 0 Å². The predicted molar refractivity (Wildman–Crippen MR) is 35.3 cm³/mol. The molecule has 3 heteroatoms. The van der Waals surface area contributed by atoms with Gasteiger partial charge in [0, 0.05) is 17.1 Å². The minimum Gasteiger partial charge on any atom is -0.397 e. The van der Waals surface area contributed by atoms with Gasteiger partial charge in [0.15, 0.2) is 0 Å². The molecule has 9 heavy (non-hydrogen) atoms. The Balaban J connectivity index is 0.000000640. The average molecular weight is 164 g/mol. The van der Waals surface area contributed by atoms with Crippen molar-refractivity contribution >= 4 is 11.4 Å². The molecule has 0 heterocycles. The van der Waals surface area contributed by atoms with Crippen LogP contribution in [0, 0.1) is 0 Å². The topological polar surface area (TPSA) is 52.0 Å². The van der Waals surface area contributed by atoms with Gasteiger partial charge in [-0.15, -0.1) is 0 Å². The van der Waals surface area contributed by atoms with Crippen molar-refractivity contribution in [2.45, 2.75) is 0 Å². The van der Waals surface area contributed by atoms with Crippen LogP contribution >= 0.6 is 0 Å². The molecule has 0 aliphatic heterocycles. The molecule has 0 fully saturated rings. The third-order valence-corrected chi connectivity index (χ3v) is 0.996. The normalized spacial score (nSPS) is 8.00. The van der Waals surface area contributed by atoms with Crippen molar-refractivity contribution in [1.82, 2.24) is 0 Å². The maximum absolute atomic E-state index is 5.39. The van der Waals surface area contributed by atoms with E-state index in [0.717, 1.165) is 0 Å². The molecule has 1 aromatic carbocycles. The van der Waals surface area contributed by atoms with E-state index in [1.54, 1.807) is 12.1 Å². The molecule has 2 nitrogen and oxygen atoms in total. The van der Waals surface area contributed by atoms with Crippen molar-refractivity contribution in [3.63, 3.8) is 0 Å². The fourth-order valence-electron chi connectivity index (χ4n) is 0.511. The smallest absolute Gasteiger partial charge is 0.0547 e. The number of para-hydroxylation sites is 2. The summed E-state index contributed by atoms with van der Waals surface area (Å²) in [6, 6.07) is 7.25. The zero-order chi connectivity index (χ0) is 5.98. The first-order valence-electron chi connectivity index (χ1n) is 2.40. The second kappa shape index (κ2) is 3.38. The van der Waals surface area contributed by atoms with E-state index in [4.69, 9.17) is 11.5 Å². The van der Waals surface area contributed by atoms with Crippen LogP contribution in [0.25, 0.3) is 0 Å². The summed E-state index contributed by atoms with van der Waals surface area (Å²) in [5.41, 5.74) is 12.1. The summed E-state index contributed by atoms with van der Waals surface area (Å²) in [6.07, 6.45) is 0. The first-order valence-corrected chi connectivity index (χ1v) is 2.40. The third kappa shape index (κ3) is 1.96. The zero-order valence-electron chi connectivity index (χ0n) is 4.82. The standard InChI is InChI=1S/C6H8N2.Fe/c7-5-3-1-2-4-6(5)8;/h1-4H,7-8H2;. The van der Waals surface area contributed by atoms with Gasteiger partial charge in [0.05, 0.1) is 11.4 Å². The predicted octanol–water partition coefficient (Wildman–Crippen LogP) is 0.849. The molecular weight excluding hydrogens is 156 g/mol. The zero-order valence-corrected chi connectivity index (χ0v) is 5.92. The van der Waals surface area contributed by atoms with E-state index >= 15 is 0 Å². The van der Waals surface area contributed by atoms with Gasteiger partial charge in [0.2, 0.25) is 0 Å².